The average molecular weight is 292 g/mol. The van der Waals surface area contributed by atoms with E-state index in [4.69, 9.17) is 15.2 Å². The Hall–Kier alpha value is -1.75. The van der Waals surface area contributed by atoms with Crippen LogP contribution in [0.5, 0.6) is 11.5 Å². The molecule has 1 aromatic rings. The summed E-state index contributed by atoms with van der Waals surface area (Å²) < 4.78 is 11.1. The van der Waals surface area contributed by atoms with Crippen molar-refractivity contribution < 1.29 is 14.3 Å². The molecule has 0 saturated heterocycles. The minimum Gasteiger partial charge on any atom is -0.486 e. The van der Waals surface area contributed by atoms with Gasteiger partial charge in [0.05, 0.1) is 12.1 Å². The molecule has 0 radical (unpaired) electrons. The highest BCUT2D eigenvalue weighted by Crippen LogP contribution is 2.32. The quantitative estimate of drug-likeness (QED) is 0.870. The van der Waals surface area contributed by atoms with Gasteiger partial charge in [0, 0.05) is 0 Å². The van der Waals surface area contributed by atoms with Gasteiger partial charge in [0.2, 0.25) is 5.91 Å². The Morgan fingerprint density at radius 3 is 2.62 bits per heavy atom. The number of carbonyl (C=O) groups is 1. The lowest BCUT2D eigenvalue weighted by Gasteiger charge is -2.23. The van der Waals surface area contributed by atoms with Gasteiger partial charge in [-0.15, -0.1) is 0 Å². The molecule has 1 unspecified atom stereocenters. The maximum absolute atomic E-state index is 12.1. The van der Waals surface area contributed by atoms with Crippen LogP contribution in [0.1, 0.15) is 38.8 Å². The molecule has 0 spiro atoms. The molecule has 3 atom stereocenters. The molecule has 0 fully saturated rings. The van der Waals surface area contributed by atoms with E-state index in [2.05, 4.69) is 5.32 Å². The van der Waals surface area contributed by atoms with Gasteiger partial charge in [-0.05, 0) is 30.5 Å². The highest BCUT2D eigenvalue weighted by molar-refractivity contribution is 5.82. The lowest BCUT2D eigenvalue weighted by atomic mass is 9.98. The van der Waals surface area contributed by atoms with E-state index in [0.29, 0.717) is 13.2 Å². The Labute approximate surface area is 125 Å². The van der Waals surface area contributed by atoms with Crippen LogP contribution in [0.2, 0.25) is 0 Å². The number of amides is 1. The molecule has 1 amide bonds. The Morgan fingerprint density at radius 1 is 1.29 bits per heavy atom. The molecule has 116 valence electrons. The van der Waals surface area contributed by atoms with Crippen molar-refractivity contribution in [1.82, 2.24) is 5.32 Å². The molecule has 1 aromatic carbocycles. The predicted molar refractivity (Wildman–Crippen MR) is 81.4 cm³/mol. The number of rotatable bonds is 5. The average Bonchev–Trinajstić information content (AvgIpc) is 2.52. The monoisotopic (exact) mass is 292 g/mol. The predicted octanol–water partition coefficient (Wildman–Crippen LogP) is 2.01. The van der Waals surface area contributed by atoms with Gasteiger partial charge < -0.3 is 20.5 Å². The number of hydrogen-bond acceptors (Lipinski definition) is 4. The van der Waals surface area contributed by atoms with E-state index in [1.807, 2.05) is 39.0 Å². The molecule has 5 nitrogen and oxygen atoms in total. The molecule has 0 aliphatic carbocycles. The summed E-state index contributed by atoms with van der Waals surface area (Å²) in [6.45, 7) is 7.08. The maximum atomic E-state index is 12.1. The Morgan fingerprint density at radius 2 is 1.95 bits per heavy atom. The van der Waals surface area contributed by atoms with Crippen molar-refractivity contribution in [1.29, 1.82) is 0 Å². The van der Waals surface area contributed by atoms with Crippen LogP contribution in [0.25, 0.3) is 0 Å². The molecule has 0 aromatic heterocycles. The normalized spacial score (nSPS) is 17.7. The second-order valence-electron chi connectivity index (χ2n) is 5.54. The number of benzene rings is 1. The zero-order valence-electron chi connectivity index (χ0n) is 12.9. The summed E-state index contributed by atoms with van der Waals surface area (Å²) in [6.07, 6.45) is 0.882. The van der Waals surface area contributed by atoms with E-state index in [0.717, 1.165) is 23.5 Å². The Kier molecular flexibility index (Phi) is 5.07. The zero-order chi connectivity index (χ0) is 15.4. The molecule has 1 aliphatic heterocycles. The number of nitrogens with one attached hydrogen (secondary N) is 1. The Bertz CT molecular complexity index is 504. The molecule has 3 N–H and O–H groups in total. The van der Waals surface area contributed by atoms with Gasteiger partial charge in [-0.3, -0.25) is 4.79 Å². The molecule has 21 heavy (non-hydrogen) atoms. The van der Waals surface area contributed by atoms with Crippen LogP contribution >= 0.6 is 0 Å². The summed E-state index contributed by atoms with van der Waals surface area (Å²) in [6, 6.07) is 5.13. The van der Waals surface area contributed by atoms with Crippen molar-refractivity contribution in [2.45, 2.75) is 39.3 Å². The fraction of sp³-hybridized carbons (Fsp3) is 0.562. The van der Waals surface area contributed by atoms with Crippen LogP contribution < -0.4 is 20.5 Å². The lowest BCUT2D eigenvalue weighted by Crippen LogP contribution is -2.45. The molecular weight excluding hydrogens is 268 g/mol. The molecule has 2 rings (SSSR count). The zero-order valence-corrected chi connectivity index (χ0v) is 12.9. The second kappa shape index (κ2) is 6.80. The number of hydrogen-bond donors (Lipinski definition) is 2. The summed E-state index contributed by atoms with van der Waals surface area (Å²) in [4.78, 5) is 12.1. The number of ether oxygens (including phenoxy) is 2. The van der Waals surface area contributed by atoms with Crippen molar-refractivity contribution in [3.8, 4) is 11.5 Å². The summed E-state index contributed by atoms with van der Waals surface area (Å²) in [5.74, 6) is 1.52. The third-order valence-electron chi connectivity index (χ3n) is 3.98. The SMILES string of the molecule is CC[C@H](C)[C@H](N)C(=O)NC(C)c1ccc2c(c1)OCCO2. The van der Waals surface area contributed by atoms with Crippen LogP contribution in [0.4, 0.5) is 0 Å². The first-order valence-corrected chi connectivity index (χ1v) is 7.48. The van der Waals surface area contributed by atoms with Gasteiger partial charge in [-0.1, -0.05) is 26.3 Å². The van der Waals surface area contributed by atoms with Crippen molar-refractivity contribution >= 4 is 5.91 Å². The van der Waals surface area contributed by atoms with E-state index in [1.54, 1.807) is 0 Å². The van der Waals surface area contributed by atoms with Crippen LogP contribution in [-0.4, -0.2) is 25.2 Å². The number of nitrogens with two attached hydrogens (primary N) is 1. The number of carbonyl (C=O) groups excluding carboxylic acids is 1. The summed E-state index contributed by atoms with van der Waals surface area (Å²) in [5.41, 5.74) is 6.93. The van der Waals surface area contributed by atoms with E-state index in [1.165, 1.54) is 0 Å². The van der Waals surface area contributed by atoms with E-state index in [9.17, 15) is 4.79 Å². The Balaban J connectivity index is 2.03. The summed E-state index contributed by atoms with van der Waals surface area (Å²) >= 11 is 0. The van der Waals surface area contributed by atoms with Gasteiger partial charge in [0.15, 0.2) is 11.5 Å². The molecular formula is C16H24N2O3. The van der Waals surface area contributed by atoms with Crippen LogP contribution in [-0.2, 0) is 4.79 Å². The molecule has 5 heteroatoms. The van der Waals surface area contributed by atoms with Gasteiger partial charge in [0.1, 0.15) is 13.2 Å². The maximum Gasteiger partial charge on any atom is 0.237 e. The highest BCUT2D eigenvalue weighted by Gasteiger charge is 2.22. The van der Waals surface area contributed by atoms with Gasteiger partial charge in [-0.2, -0.15) is 0 Å². The number of fused-ring (bicyclic) bond motifs is 1. The smallest absolute Gasteiger partial charge is 0.237 e. The minimum atomic E-state index is -0.477. The molecule has 0 saturated carbocycles. The van der Waals surface area contributed by atoms with Gasteiger partial charge in [0.25, 0.3) is 0 Å². The largest absolute Gasteiger partial charge is 0.486 e. The van der Waals surface area contributed by atoms with Crippen LogP contribution in [0, 0.1) is 5.92 Å². The molecule has 1 heterocycles. The van der Waals surface area contributed by atoms with Crippen molar-refractivity contribution in [3.05, 3.63) is 23.8 Å². The summed E-state index contributed by atoms with van der Waals surface area (Å²) in [5, 5.41) is 2.96. The van der Waals surface area contributed by atoms with Crippen molar-refractivity contribution in [3.63, 3.8) is 0 Å². The molecule has 1 aliphatic rings. The standard InChI is InChI=1S/C16H24N2O3/c1-4-10(2)15(17)16(19)18-11(3)12-5-6-13-14(9-12)21-8-7-20-13/h5-6,9-11,15H,4,7-8,17H2,1-3H3,(H,18,19)/t10-,11?,15-/m0/s1. The third-order valence-corrected chi connectivity index (χ3v) is 3.98. The van der Waals surface area contributed by atoms with Crippen LogP contribution in [0.3, 0.4) is 0 Å². The van der Waals surface area contributed by atoms with Crippen molar-refractivity contribution in [2.75, 3.05) is 13.2 Å². The second-order valence-corrected chi connectivity index (χ2v) is 5.54. The van der Waals surface area contributed by atoms with Gasteiger partial charge >= 0.3 is 0 Å². The van der Waals surface area contributed by atoms with Crippen LogP contribution in [0.15, 0.2) is 18.2 Å². The lowest BCUT2D eigenvalue weighted by molar-refractivity contribution is -0.124. The van der Waals surface area contributed by atoms with E-state index in [-0.39, 0.29) is 17.9 Å². The topological polar surface area (TPSA) is 73.6 Å². The third kappa shape index (κ3) is 3.67. The fourth-order valence-electron chi connectivity index (χ4n) is 2.23. The first-order valence-electron chi connectivity index (χ1n) is 7.48. The highest BCUT2D eigenvalue weighted by atomic mass is 16.6. The summed E-state index contributed by atoms with van der Waals surface area (Å²) in [7, 11) is 0. The molecule has 0 bridgehead atoms. The first kappa shape index (κ1) is 15.6. The van der Waals surface area contributed by atoms with Crippen molar-refractivity contribution in [2.24, 2.45) is 11.7 Å². The van der Waals surface area contributed by atoms with E-state index < -0.39 is 6.04 Å². The van der Waals surface area contributed by atoms with E-state index >= 15 is 0 Å². The minimum absolute atomic E-state index is 0.119. The fourth-order valence-corrected chi connectivity index (χ4v) is 2.23. The van der Waals surface area contributed by atoms with Gasteiger partial charge in [-0.25, -0.2) is 0 Å². The first-order chi connectivity index (χ1) is 10.0.